The lowest BCUT2D eigenvalue weighted by molar-refractivity contribution is 0.637. The number of piperazine rings is 1. The zero-order valence-electron chi connectivity index (χ0n) is 12.6. The highest BCUT2D eigenvalue weighted by atomic mass is 35.5. The largest absolute Gasteiger partial charge is 0.367 e. The van der Waals surface area contributed by atoms with Crippen LogP contribution in [-0.4, -0.2) is 36.1 Å². The van der Waals surface area contributed by atoms with Crippen LogP contribution in [0.15, 0.2) is 35.1 Å². The van der Waals surface area contributed by atoms with E-state index in [0.29, 0.717) is 5.95 Å². The highest BCUT2D eigenvalue weighted by Gasteiger charge is 2.20. The molecule has 0 bridgehead atoms. The van der Waals surface area contributed by atoms with E-state index in [0.717, 1.165) is 49.0 Å². The van der Waals surface area contributed by atoms with E-state index in [4.69, 9.17) is 11.6 Å². The van der Waals surface area contributed by atoms with Crippen molar-refractivity contribution < 1.29 is 0 Å². The Morgan fingerprint density at radius 3 is 2.55 bits per heavy atom. The SMILES string of the molecule is CCc1cc(=O)[nH]c(N2CCN(c3ccccc3Cl)CC2)n1. The lowest BCUT2D eigenvalue weighted by Crippen LogP contribution is -2.47. The van der Waals surface area contributed by atoms with Crippen molar-refractivity contribution in [2.45, 2.75) is 13.3 Å². The van der Waals surface area contributed by atoms with Gasteiger partial charge in [-0.05, 0) is 18.6 Å². The lowest BCUT2D eigenvalue weighted by Gasteiger charge is -2.36. The van der Waals surface area contributed by atoms with Gasteiger partial charge in [-0.1, -0.05) is 30.7 Å². The number of H-pyrrole nitrogens is 1. The number of rotatable bonds is 3. The van der Waals surface area contributed by atoms with Crippen LogP contribution in [-0.2, 0) is 6.42 Å². The fraction of sp³-hybridized carbons (Fsp3) is 0.375. The maximum atomic E-state index is 11.7. The van der Waals surface area contributed by atoms with E-state index in [-0.39, 0.29) is 5.56 Å². The smallest absolute Gasteiger partial charge is 0.252 e. The van der Waals surface area contributed by atoms with E-state index in [1.165, 1.54) is 0 Å². The zero-order valence-corrected chi connectivity index (χ0v) is 13.3. The molecule has 1 fully saturated rings. The molecular formula is C16H19ClN4O. The van der Waals surface area contributed by atoms with Gasteiger partial charge in [-0.2, -0.15) is 0 Å². The number of benzene rings is 1. The molecule has 22 heavy (non-hydrogen) atoms. The van der Waals surface area contributed by atoms with Crippen LogP contribution in [0.2, 0.25) is 5.02 Å². The Labute approximate surface area is 134 Å². The first-order valence-electron chi connectivity index (χ1n) is 7.52. The Morgan fingerprint density at radius 2 is 1.86 bits per heavy atom. The second-order valence-corrected chi connectivity index (χ2v) is 5.75. The molecule has 0 aliphatic carbocycles. The standard InChI is InChI=1S/C16H19ClN4O/c1-2-12-11-15(22)19-16(18-12)21-9-7-20(8-10-21)14-6-4-3-5-13(14)17/h3-6,11H,2,7-10H2,1H3,(H,18,19,22). The van der Waals surface area contributed by atoms with Gasteiger partial charge in [-0.25, -0.2) is 4.98 Å². The number of aromatic nitrogens is 2. The Balaban J connectivity index is 1.73. The third kappa shape index (κ3) is 3.09. The van der Waals surface area contributed by atoms with Crippen LogP contribution >= 0.6 is 11.6 Å². The maximum absolute atomic E-state index is 11.7. The van der Waals surface area contributed by atoms with E-state index < -0.39 is 0 Å². The molecule has 5 nitrogen and oxygen atoms in total. The maximum Gasteiger partial charge on any atom is 0.252 e. The van der Waals surface area contributed by atoms with Crippen molar-refractivity contribution in [3.05, 3.63) is 51.4 Å². The molecule has 0 saturated carbocycles. The van der Waals surface area contributed by atoms with Crippen molar-refractivity contribution in [3.63, 3.8) is 0 Å². The van der Waals surface area contributed by atoms with Gasteiger partial charge >= 0.3 is 0 Å². The highest BCUT2D eigenvalue weighted by molar-refractivity contribution is 6.33. The molecule has 6 heteroatoms. The summed E-state index contributed by atoms with van der Waals surface area (Å²) in [7, 11) is 0. The van der Waals surface area contributed by atoms with Crippen LogP contribution in [0, 0.1) is 0 Å². The summed E-state index contributed by atoms with van der Waals surface area (Å²) < 4.78 is 0. The molecule has 1 aromatic heterocycles. The third-order valence-electron chi connectivity index (χ3n) is 3.92. The van der Waals surface area contributed by atoms with E-state index in [1.54, 1.807) is 6.07 Å². The van der Waals surface area contributed by atoms with Gasteiger partial charge in [0.2, 0.25) is 5.95 Å². The van der Waals surface area contributed by atoms with Crippen molar-refractivity contribution in [1.82, 2.24) is 9.97 Å². The fourth-order valence-electron chi connectivity index (χ4n) is 2.69. The highest BCUT2D eigenvalue weighted by Crippen LogP contribution is 2.26. The minimum absolute atomic E-state index is 0.0876. The van der Waals surface area contributed by atoms with Crippen LogP contribution in [0.25, 0.3) is 0 Å². The third-order valence-corrected chi connectivity index (χ3v) is 4.24. The van der Waals surface area contributed by atoms with Gasteiger partial charge in [0.15, 0.2) is 0 Å². The second kappa shape index (κ2) is 6.40. The molecule has 1 aliphatic heterocycles. The molecule has 1 aliphatic rings. The molecule has 2 aromatic rings. The van der Waals surface area contributed by atoms with E-state index in [9.17, 15) is 4.79 Å². The van der Waals surface area contributed by atoms with Gasteiger partial charge in [0, 0.05) is 37.9 Å². The number of nitrogens with zero attached hydrogens (tertiary/aromatic N) is 3. The number of hydrogen-bond acceptors (Lipinski definition) is 4. The minimum Gasteiger partial charge on any atom is -0.367 e. The van der Waals surface area contributed by atoms with Crippen molar-refractivity contribution >= 4 is 23.2 Å². The molecule has 0 radical (unpaired) electrons. The number of hydrogen-bond donors (Lipinski definition) is 1. The van der Waals surface area contributed by atoms with Gasteiger partial charge in [0.25, 0.3) is 5.56 Å². The first-order valence-corrected chi connectivity index (χ1v) is 7.90. The summed E-state index contributed by atoms with van der Waals surface area (Å²) in [6.45, 7) is 5.32. The second-order valence-electron chi connectivity index (χ2n) is 5.34. The Kier molecular flexibility index (Phi) is 4.34. The number of aryl methyl sites for hydroxylation is 1. The Morgan fingerprint density at radius 1 is 1.18 bits per heavy atom. The summed E-state index contributed by atoms with van der Waals surface area (Å²) >= 11 is 6.26. The quantitative estimate of drug-likeness (QED) is 0.943. The number of aromatic amines is 1. The van der Waals surface area contributed by atoms with E-state index in [1.807, 2.05) is 31.2 Å². The molecule has 0 amide bonds. The Hall–Kier alpha value is -2.01. The summed E-state index contributed by atoms with van der Waals surface area (Å²) in [6, 6.07) is 9.44. The minimum atomic E-state index is -0.0876. The van der Waals surface area contributed by atoms with Crippen molar-refractivity contribution in [2.75, 3.05) is 36.0 Å². The van der Waals surface area contributed by atoms with E-state index >= 15 is 0 Å². The molecule has 1 N–H and O–H groups in total. The van der Waals surface area contributed by atoms with Crippen LogP contribution in [0.5, 0.6) is 0 Å². The lowest BCUT2D eigenvalue weighted by atomic mass is 10.2. The topological polar surface area (TPSA) is 52.2 Å². The molecular weight excluding hydrogens is 300 g/mol. The Bertz CT molecular complexity index is 707. The van der Waals surface area contributed by atoms with Crippen molar-refractivity contribution in [1.29, 1.82) is 0 Å². The normalized spacial score (nSPS) is 15.2. The van der Waals surface area contributed by atoms with E-state index in [2.05, 4.69) is 19.8 Å². The molecule has 0 unspecified atom stereocenters. The van der Waals surface area contributed by atoms with Gasteiger partial charge < -0.3 is 9.80 Å². The number of para-hydroxylation sites is 1. The molecule has 3 rings (SSSR count). The summed E-state index contributed by atoms with van der Waals surface area (Å²) in [4.78, 5) is 23.4. The van der Waals surface area contributed by atoms with Crippen molar-refractivity contribution in [2.24, 2.45) is 0 Å². The monoisotopic (exact) mass is 318 g/mol. The number of anilines is 2. The first-order chi connectivity index (χ1) is 10.7. The average molecular weight is 319 g/mol. The van der Waals surface area contributed by atoms with Gasteiger partial charge in [-0.15, -0.1) is 0 Å². The average Bonchev–Trinajstić information content (AvgIpc) is 2.55. The van der Waals surface area contributed by atoms with Crippen LogP contribution in [0.1, 0.15) is 12.6 Å². The summed E-state index contributed by atoms with van der Waals surface area (Å²) in [6.07, 6.45) is 0.760. The van der Waals surface area contributed by atoms with Crippen LogP contribution in [0.3, 0.4) is 0 Å². The van der Waals surface area contributed by atoms with Crippen molar-refractivity contribution in [3.8, 4) is 0 Å². The fourth-order valence-corrected chi connectivity index (χ4v) is 2.95. The van der Waals surface area contributed by atoms with Gasteiger partial charge in [0.1, 0.15) is 0 Å². The van der Waals surface area contributed by atoms with Gasteiger partial charge in [0.05, 0.1) is 10.7 Å². The van der Waals surface area contributed by atoms with Gasteiger partial charge in [-0.3, -0.25) is 9.78 Å². The molecule has 1 aromatic carbocycles. The molecule has 116 valence electrons. The first kappa shape index (κ1) is 14.9. The predicted molar refractivity (Wildman–Crippen MR) is 90.1 cm³/mol. The molecule has 0 atom stereocenters. The summed E-state index contributed by atoms with van der Waals surface area (Å²) in [5.41, 5.74) is 1.80. The van der Waals surface area contributed by atoms with Crippen LogP contribution < -0.4 is 15.4 Å². The number of nitrogens with one attached hydrogen (secondary N) is 1. The van der Waals surface area contributed by atoms with Crippen LogP contribution in [0.4, 0.5) is 11.6 Å². The molecule has 0 spiro atoms. The summed E-state index contributed by atoms with van der Waals surface area (Å²) in [5, 5.41) is 0.774. The summed E-state index contributed by atoms with van der Waals surface area (Å²) in [5.74, 6) is 0.670. The zero-order chi connectivity index (χ0) is 15.5. The molecule has 2 heterocycles. The predicted octanol–water partition coefficient (Wildman–Crippen LogP) is 2.31. The number of halogens is 1. The molecule has 1 saturated heterocycles.